The number of hydrogen-bond acceptors (Lipinski definition) is 4. The van der Waals surface area contributed by atoms with Crippen LogP contribution in [-0.2, 0) is 9.53 Å². The van der Waals surface area contributed by atoms with Crippen molar-refractivity contribution in [1.82, 2.24) is 0 Å². The molecule has 4 nitrogen and oxygen atoms in total. The Hall–Kier alpha value is -2.33. The standard InChI is InChI=1S/C15H15NO3/c1-18-15(17)14(16)11-6-5-9-13(10-11)19-12-7-3-2-4-8-12/h2-10,14H,16H2,1H3/t14-/m1/s1. The van der Waals surface area contributed by atoms with Crippen molar-refractivity contribution in [3.8, 4) is 11.5 Å². The third-order valence-corrected chi connectivity index (χ3v) is 2.65. The van der Waals surface area contributed by atoms with E-state index in [9.17, 15) is 4.79 Å². The second-order valence-electron chi connectivity index (χ2n) is 3.99. The van der Waals surface area contributed by atoms with Crippen molar-refractivity contribution < 1.29 is 14.3 Å². The lowest BCUT2D eigenvalue weighted by atomic mass is 10.1. The zero-order valence-electron chi connectivity index (χ0n) is 10.6. The molecule has 0 aliphatic heterocycles. The van der Waals surface area contributed by atoms with Crippen molar-refractivity contribution in [2.75, 3.05) is 7.11 Å². The Morgan fingerprint density at radius 2 is 1.74 bits per heavy atom. The Morgan fingerprint density at radius 3 is 2.42 bits per heavy atom. The Kier molecular flexibility index (Phi) is 4.15. The van der Waals surface area contributed by atoms with Crippen LogP contribution in [0.25, 0.3) is 0 Å². The van der Waals surface area contributed by atoms with E-state index in [2.05, 4.69) is 4.74 Å². The highest BCUT2D eigenvalue weighted by Crippen LogP contribution is 2.24. The van der Waals surface area contributed by atoms with Gasteiger partial charge in [-0.15, -0.1) is 0 Å². The molecular weight excluding hydrogens is 242 g/mol. The number of carbonyl (C=O) groups excluding carboxylic acids is 1. The number of rotatable bonds is 4. The van der Waals surface area contributed by atoms with E-state index in [1.165, 1.54) is 7.11 Å². The summed E-state index contributed by atoms with van der Waals surface area (Å²) in [6.07, 6.45) is 0. The predicted octanol–water partition coefficient (Wildman–Crippen LogP) is 2.65. The minimum absolute atomic E-state index is 0.475. The van der Waals surface area contributed by atoms with Gasteiger partial charge in [-0.2, -0.15) is 0 Å². The van der Waals surface area contributed by atoms with E-state index in [1.54, 1.807) is 24.3 Å². The van der Waals surface area contributed by atoms with Gasteiger partial charge in [-0.05, 0) is 29.8 Å². The summed E-state index contributed by atoms with van der Waals surface area (Å²) in [5, 5.41) is 0. The first-order valence-electron chi connectivity index (χ1n) is 5.87. The summed E-state index contributed by atoms with van der Waals surface area (Å²) >= 11 is 0. The van der Waals surface area contributed by atoms with Gasteiger partial charge in [0.2, 0.25) is 0 Å². The van der Waals surface area contributed by atoms with Crippen LogP contribution in [0.4, 0.5) is 0 Å². The highest BCUT2D eigenvalue weighted by atomic mass is 16.5. The van der Waals surface area contributed by atoms with Crippen LogP contribution in [0, 0.1) is 0 Å². The molecule has 19 heavy (non-hydrogen) atoms. The summed E-state index contributed by atoms with van der Waals surface area (Å²) in [5.74, 6) is 0.881. The van der Waals surface area contributed by atoms with Crippen LogP contribution in [0.3, 0.4) is 0 Å². The van der Waals surface area contributed by atoms with E-state index in [0.717, 1.165) is 5.75 Å². The molecule has 0 saturated heterocycles. The third-order valence-electron chi connectivity index (χ3n) is 2.65. The summed E-state index contributed by atoms with van der Waals surface area (Å²) in [5.41, 5.74) is 6.43. The fourth-order valence-corrected chi connectivity index (χ4v) is 1.66. The molecule has 4 heteroatoms. The molecule has 2 rings (SSSR count). The Bertz CT molecular complexity index is 554. The zero-order chi connectivity index (χ0) is 13.7. The average molecular weight is 257 g/mol. The van der Waals surface area contributed by atoms with Crippen LogP contribution in [0.1, 0.15) is 11.6 Å². The molecule has 2 aromatic rings. The largest absolute Gasteiger partial charge is 0.468 e. The fraction of sp³-hybridized carbons (Fsp3) is 0.133. The monoisotopic (exact) mass is 257 g/mol. The van der Waals surface area contributed by atoms with Gasteiger partial charge in [0, 0.05) is 0 Å². The molecule has 0 aliphatic rings. The van der Waals surface area contributed by atoms with Gasteiger partial charge >= 0.3 is 5.97 Å². The maximum Gasteiger partial charge on any atom is 0.327 e. The number of esters is 1. The van der Waals surface area contributed by atoms with E-state index in [-0.39, 0.29) is 0 Å². The molecular formula is C15H15NO3. The van der Waals surface area contributed by atoms with E-state index < -0.39 is 12.0 Å². The topological polar surface area (TPSA) is 61.5 Å². The summed E-state index contributed by atoms with van der Waals surface area (Å²) in [6.45, 7) is 0. The second kappa shape index (κ2) is 6.02. The van der Waals surface area contributed by atoms with Gasteiger partial charge in [0.15, 0.2) is 0 Å². The minimum Gasteiger partial charge on any atom is -0.468 e. The Morgan fingerprint density at radius 1 is 1.05 bits per heavy atom. The van der Waals surface area contributed by atoms with E-state index in [0.29, 0.717) is 11.3 Å². The van der Waals surface area contributed by atoms with Gasteiger partial charge in [-0.25, -0.2) is 0 Å². The molecule has 98 valence electrons. The normalized spacial score (nSPS) is 11.7. The lowest BCUT2D eigenvalue weighted by Crippen LogP contribution is -2.22. The van der Waals surface area contributed by atoms with Crippen molar-refractivity contribution in [3.63, 3.8) is 0 Å². The molecule has 0 saturated carbocycles. The number of ether oxygens (including phenoxy) is 2. The Balaban J connectivity index is 2.18. The Labute approximate surface area is 111 Å². The van der Waals surface area contributed by atoms with Crippen molar-refractivity contribution in [1.29, 1.82) is 0 Å². The van der Waals surface area contributed by atoms with Crippen LogP contribution in [0.15, 0.2) is 54.6 Å². The molecule has 0 bridgehead atoms. The smallest absolute Gasteiger partial charge is 0.327 e. The van der Waals surface area contributed by atoms with Gasteiger partial charge in [0.05, 0.1) is 7.11 Å². The molecule has 0 aromatic heterocycles. The highest BCUT2D eigenvalue weighted by molar-refractivity contribution is 5.77. The van der Waals surface area contributed by atoms with Gasteiger partial charge < -0.3 is 15.2 Å². The van der Waals surface area contributed by atoms with Crippen molar-refractivity contribution in [3.05, 3.63) is 60.2 Å². The molecule has 0 heterocycles. The fourth-order valence-electron chi connectivity index (χ4n) is 1.66. The molecule has 0 radical (unpaired) electrons. The van der Waals surface area contributed by atoms with Gasteiger partial charge in [0.25, 0.3) is 0 Å². The highest BCUT2D eigenvalue weighted by Gasteiger charge is 2.16. The van der Waals surface area contributed by atoms with Crippen LogP contribution in [-0.4, -0.2) is 13.1 Å². The predicted molar refractivity (Wildman–Crippen MR) is 71.9 cm³/mol. The first kappa shape index (κ1) is 13.1. The second-order valence-corrected chi connectivity index (χ2v) is 3.99. The molecule has 2 N–H and O–H groups in total. The molecule has 2 aromatic carbocycles. The number of para-hydroxylation sites is 1. The van der Waals surface area contributed by atoms with Crippen LogP contribution in [0.5, 0.6) is 11.5 Å². The van der Waals surface area contributed by atoms with E-state index in [1.807, 2.05) is 30.3 Å². The first-order chi connectivity index (χ1) is 9.20. The number of methoxy groups -OCH3 is 1. The number of benzene rings is 2. The van der Waals surface area contributed by atoms with E-state index in [4.69, 9.17) is 10.5 Å². The zero-order valence-corrected chi connectivity index (χ0v) is 10.6. The quantitative estimate of drug-likeness (QED) is 0.855. The summed E-state index contributed by atoms with van der Waals surface area (Å²) < 4.78 is 10.3. The number of nitrogens with two attached hydrogens (primary N) is 1. The van der Waals surface area contributed by atoms with E-state index >= 15 is 0 Å². The average Bonchev–Trinajstić information content (AvgIpc) is 2.47. The first-order valence-corrected chi connectivity index (χ1v) is 5.87. The molecule has 0 aliphatic carbocycles. The molecule has 1 atom stereocenters. The molecule has 0 fully saturated rings. The lowest BCUT2D eigenvalue weighted by Gasteiger charge is -2.11. The van der Waals surface area contributed by atoms with Crippen molar-refractivity contribution >= 4 is 5.97 Å². The summed E-state index contributed by atoms with van der Waals surface area (Å²) in [6, 6.07) is 15.7. The van der Waals surface area contributed by atoms with Gasteiger partial charge in [-0.1, -0.05) is 30.3 Å². The lowest BCUT2D eigenvalue weighted by molar-refractivity contribution is -0.142. The van der Waals surface area contributed by atoms with Gasteiger partial charge in [-0.3, -0.25) is 4.79 Å². The molecule has 0 spiro atoms. The minimum atomic E-state index is -0.802. The number of carbonyl (C=O) groups is 1. The molecule has 0 amide bonds. The van der Waals surface area contributed by atoms with Crippen molar-refractivity contribution in [2.24, 2.45) is 5.73 Å². The summed E-state index contributed by atoms with van der Waals surface area (Å²) in [7, 11) is 1.31. The van der Waals surface area contributed by atoms with Crippen LogP contribution in [0.2, 0.25) is 0 Å². The summed E-state index contributed by atoms with van der Waals surface area (Å²) in [4.78, 5) is 11.4. The number of hydrogen-bond donors (Lipinski definition) is 1. The van der Waals surface area contributed by atoms with Gasteiger partial charge in [0.1, 0.15) is 17.5 Å². The third kappa shape index (κ3) is 3.33. The maximum absolute atomic E-state index is 11.4. The van der Waals surface area contributed by atoms with Crippen molar-refractivity contribution in [2.45, 2.75) is 6.04 Å². The maximum atomic E-state index is 11.4. The SMILES string of the molecule is COC(=O)[C@H](N)c1cccc(Oc2ccccc2)c1. The molecule has 0 unspecified atom stereocenters. The van der Waals surface area contributed by atoms with Crippen LogP contribution < -0.4 is 10.5 Å². The van der Waals surface area contributed by atoms with Crippen LogP contribution >= 0.6 is 0 Å².